The van der Waals surface area contributed by atoms with E-state index in [-0.39, 0.29) is 12.5 Å². The minimum absolute atomic E-state index is 0.213. The number of carbonyl (C=O) groups excluding carboxylic acids is 1. The Hall–Kier alpha value is -1.87. The number of rotatable bonds is 6. The van der Waals surface area contributed by atoms with Gasteiger partial charge in [-0.05, 0) is 49.7 Å². The van der Waals surface area contributed by atoms with Crippen molar-refractivity contribution < 1.29 is 27.5 Å². The lowest BCUT2D eigenvalue weighted by molar-refractivity contribution is -0.124. The molecule has 1 aliphatic heterocycles. The molecular weight excluding hydrogens is 372 g/mol. The van der Waals surface area contributed by atoms with Gasteiger partial charge in [-0.3, -0.25) is 4.79 Å². The van der Waals surface area contributed by atoms with Crippen LogP contribution in [-0.2, 0) is 14.8 Å². The molecule has 27 heavy (non-hydrogen) atoms. The maximum atomic E-state index is 12.8. The number of carbonyl (C=O) groups is 2. The van der Waals surface area contributed by atoms with Crippen LogP contribution in [0.15, 0.2) is 21.6 Å². The average Bonchev–Trinajstić information content (AvgIpc) is 3.31. The van der Waals surface area contributed by atoms with Gasteiger partial charge in [0.05, 0.1) is 0 Å². The Morgan fingerprint density at radius 3 is 2.56 bits per heavy atom. The molecule has 1 unspecified atom stereocenters. The lowest BCUT2D eigenvalue weighted by Crippen LogP contribution is -2.47. The van der Waals surface area contributed by atoms with Crippen molar-refractivity contribution in [2.45, 2.75) is 56.6 Å². The number of carboxylic acids is 1. The Morgan fingerprint density at radius 2 is 1.93 bits per heavy atom. The van der Waals surface area contributed by atoms with Gasteiger partial charge in [0.1, 0.15) is 6.04 Å². The smallest absolute Gasteiger partial charge is 0.371 e. The molecule has 1 aromatic rings. The van der Waals surface area contributed by atoms with Crippen molar-refractivity contribution in [3.8, 4) is 0 Å². The largest absolute Gasteiger partial charge is 0.475 e. The molecule has 1 aliphatic carbocycles. The molecule has 2 N–H and O–H groups in total. The molecular formula is C18H26N2O6S. The number of aromatic carboxylic acids is 1. The summed E-state index contributed by atoms with van der Waals surface area (Å²) in [6.45, 7) is 3.02. The molecule has 0 spiro atoms. The highest BCUT2D eigenvalue weighted by Gasteiger charge is 2.41. The van der Waals surface area contributed by atoms with Crippen molar-refractivity contribution >= 4 is 21.9 Å². The summed E-state index contributed by atoms with van der Waals surface area (Å²) in [5.41, 5.74) is 0. The van der Waals surface area contributed by atoms with Crippen molar-refractivity contribution in [3.63, 3.8) is 0 Å². The summed E-state index contributed by atoms with van der Waals surface area (Å²) in [4.78, 5) is 23.5. The minimum Gasteiger partial charge on any atom is -0.475 e. The molecule has 1 saturated heterocycles. The van der Waals surface area contributed by atoms with Crippen molar-refractivity contribution in [1.82, 2.24) is 9.62 Å². The van der Waals surface area contributed by atoms with E-state index in [1.165, 1.54) is 0 Å². The highest BCUT2D eigenvalue weighted by atomic mass is 32.2. The quantitative estimate of drug-likeness (QED) is 0.758. The number of nitrogens with one attached hydrogen (secondary N) is 1. The molecule has 0 bridgehead atoms. The zero-order valence-electron chi connectivity index (χ0n) is 15.4. The number of furan rings is 1. The zero-order valence-corrected chi connectivity index (χ0v) is 16.2. The third-order valence-corrected chi connectivity index (χ3v) is 7.34. The highest BCUT2D eigenvalue weighted by molar-refractivity contribution is 7.89. The van der Waals surface area contributed by atoms with Gasteiger partial charge >= 0.3 is 5.97 Å². The van der Waals surface area contributed by atoms with Crippen molar-refractivity contribution in [3.05, 3.63) is 17.9 Å². The number of nitrogens with zero attached hydrogens (tertiary/aromatic N) is 1. The van der Waals surface area contributed by atoms with E-state index in [9.17, 15) is 18.0 Å². The molecule has 1 saturated carbocycles. The normalized spacial score (nSPS) is 26.8. The van der Waals surface area contributed by atoms with E-state index in [0.717, 1.165) is 48.0 Å². The summed E-state index contributed by atoms with van der Waals surface area (Å²) >= 11 is 0. The Balaban J connectivity index is 1.64. The van der Waals surface area contributed by atoms with Crippen LogP contribution in [0, 0.1) is 11.8 Å². The topological polar surface area (TPSA) is 117 Å². The van der Waals surface area contributed by atoms with Crippen LogP contribution in [0.1, 0.15) is 56.0 Å². The molecule has 1 aromatic heterocycles. The van der Waals surface area contributed by atoms with Crippen LogP contribution < -0.4 is 5.32 Å². The monoisotopic (exact) mass is 398 g/mol. The second-order valence-corrected chi connectivity index (χ2v) is 9.39. The van der Waals surface area contributed by atoms with E-state index in [2.05, 4.69) is 12.2 Å². The molecule has 9 heteroatoms. The third-order valence-electron chi connectivity index (χ3n) is 5.56. The second kappa shape index (κ2) is 8.02. The van der Waals surface area contributed by atoms with Gasteiger partial charge in [0.15, 0.2) is 0 Å². The summed E-state index contributed by atoms with van der Waals surface area (Å²) in [6, 6.07) is 1.44. The van der Waals surface area contributed by atoms with Gasteiger partial charge in [0.2, 0.25) is 16.8 Å². The predicted octanol–water partition coefficient (Wildman–Crippen LogP) is 2.07. The molecule has 1 atom stereocenters. The van der Waals surface area contributed by atoms with Crippen molar-refractivity contribution in [1.29, 1.82) is 0 Å². The molecule has 2 aliphatic rings. The van der Waals surface area contributed by atoms with Gasteiger partial charge in [-0.25, -0.2) is 13.2 Å². The van der Waals surface area contributed by atoms with Gasteiger partial charge in [0, 0.05) is 13.1 Å². The second-order valence-electron chi connectivity index (χ2n) is 7.57. The average molecular weight is 398 g/mol. The Labute approximate surface area is 159 Å². The Kier molecular flexibility index (Phi) is 5.90. The van der Waals surface area contributed by atoms with Crippen LogP contribution in [-0.4, -0.2) is 48.8 Å². The first-order valence-electron chi connectivity index (χ1n) is 9.41. The molecule has 2 heterocycles. The first kappa shape index (κ1) is 19.9. The number of sulfonamides is 1. The first-order valence-corrected chi connectivity index (χ1v) is 10.9. The van der Waals surface area contributed by atoms with Crippen LogP contribution in [0.5, 0.6) is 0 Å². The van der Waals surface area contributed by atoms with Gasteiger partial charge < -0.3 is 14.8 Å². The van der Waals surface area contributed by atoms with Crippen LogP contribution in [0.3, 0.4) is 0 Å². The Bertz CT molecular complexity index is 795. The minimum atomic E-state index is -4.05. The van der Waals surface area contributed by atoms with Crippen LogP contribution in [0.2, 0.25) is 0 Å². The Morgan fingerprint density at radius 1 is 1.22 bits per heavy atom. The maximum Gasteiger partial charge on any atom is 0.371 e. The van der Waals surface area contributed by atoms with Gasteiger partial charge in [-0.1, -0.05) is 19.8 Å². The maximum absolute atomic E-state index is 12.8. The summed E-state index contributed by atoms with van der Waals surface area (Å²) in [5, 5.41) is 11.4. The fourth-order valence-corrected chi connectivity index (χ4v) is 5.45. The van der Waals surface area contributed by atoms with Crippen molar-refractivity contribution in [2.24, 2.45) is 11.8 Å². The number of hydrogen-bond acceptors (Lipinski definition) is 5. The van der Waals surface area contributed by atoms with E-state index in [1.807, 2.05) is 0 Å². The standard InChI is InChI=1S/C18H26N2O6S/c1-12-4-6-13(7-5-12)11-19-17(21)14-3-2-10-20(14)27(24,25)16-9-8-15(26-16)18(22)23/h8-9,12-14H,2-7,10-11H2,1H3,(H,19,21)(H,22,23). The molecule has 0 radical (unpaired) electrons. The predicted molar refractivity (Wildman–Crippen MR) is 96.7 cm³/mol. The van der Waals surface area contributed by atoms with E-state index in [0.29, 0.717) is 25.3 Å². The van der Waals surface area contributed by atoms with Gasteiger partial charge in [-0.2, -0.15) is 4.31 Å². The summed E-state index contributed by atoms with van der Waals surface area (Å²) < 4.78 is 31.6. The SMILES string of the molecule is CC1CCC(CNC(=O)C2CCCN2S(=O)(=O)c2ccc(C(=O)O)o2)CC1. The van der Waals surface area contributed by atoms with E-state index in [1.54, 1.807) is 0 Å². The summed E-state index contributed by atoms with van der Waals surface area (Å²) in [5.74, 6) is -0.898. The molecule has 1 amide bonds. The molecule has 0 aromatic carbocycles. The molecule has 150 valence electrons. The third kappa shape index (κ3) is 4.35. The van der Waals surface area contributed by atoms with E-state index >= 15 is 0 Å². The number of amides is 1. The molecule has 3 rings (SSSR count). The zero-order chi connectivity index (χ0) is 19.6. The number of hydrogen-bond donors (Lipinski definition) is 2. The van der Waals surface area contributed by atoms with E-state index in [4.69, 9.17) is 9.52 Å². The van der Waals surface area contributed by atoms with Crippen LogP contribution >= 0.6 is 0 Å². The lowest BCUT2D eigenvalue weighted by Gasteiger charge is -2.27. The lowest BCUT2D eigenvalue weighted by atomic mass is 9.83. The summed E-state index contributed by atoms with van der Waals surface area (Å²) in [7, 11) is -4.05. The highest BCUT2D eigenvalue weighted by Crippen LogP contribution is 2.29. The molecule has 2 fully saturated rings. The van der Waals surface area contributed by atoms with Gasteiger partial charge in [0.25, 0.3) is 10.0 Å². The van der Waals surface area contributed by atoms with Crippen molar-refractivity contribution in [2.75, 3.05) is 13.1 Å². The number of carboxylic acid groups (broad SMARTS) is 1. The summed E-state index contributed by atoms with van der Waals surface area (Å²) in [6.07, 6.45) is 5.50. The van der Waals surface area contributed by atoms with Crippen LogP contribution in [0.4, 0.5) is 0 Å². The fourth-order valence-electron chi connectivity index (χ4n) is 3.88. The van der Waals surface area contributed by atoms with E-state index < -0.39 is 32.9 Å². The first-order chi connectivity index (χ1) is 12.8. The fraction of sp³-hybridized carbons (Fsp3) is 0.667. The van der Waals surface area contributed by atoms with Crippen LogP contribution in [0.25, 0.3) is 0 Å². The molecule has 8 nitrogen and oxygen atoms in total. The van der Waals surface area contributed by atoms with Gasteiger partial charge in [-0.15, -0.1) is 0 Å².